The van der Waals surface area contributed by atoms with Crippen LogP contribution in [0.4, 0.5) is 4.79 Å². The quantitative estimate of drug-likeness (QED) is 0.852. The molecule has 1 aliphatic heterocycles. The number of hydrogen-bond donors (Lipinski definition) is 2. The van der Waals surface area contributed by atoms with Gasteiger partial charge in [-0.1, -0.05) is 32.0 Å². The summed E-state index contributed by atoms with van der Waals surface area (Å²) >= 11 is 0. The molecule has 0 spiro atoms. The minimum absolute atomic E-state index is 0.109. The summed E-state index contributed by atoms with van der Waals surface area (Å²) in [4.78, 5) is 28.8. The molecule has 3 rings (SSSR count). The highest BCUT2D eigenvalue weighted by Crippen LogP contribution is 2.22. The molecule has 1 saturated heterocycles. The van der Waals surface area contributed by atoms with Gasteiger partial charge < -0.3 is 10.3 Å². The maximum atomic E-state index is 12.3. The molecule has 1 unspecified atom stereocenters. The molecular formula is C17H21N3O2. The monoisotopic (exact) mass is 299 g/mol. The first-order valence-electron chi connectivity index (χ1n) is 7.66. The van der Waals surface area contributed by atoms with E-state index in [1.807, 2.05) is 26.1 Å². The zero-order chi connectivity index (χ0) is 15.9. The Labute approximate surface area is 129 Å². The number of urea groups is 1. The summed E-state index contributed by atoms with van der Waals surface area (Å²) in [6, 6.07) is 5.49. The van der Waals surface area contributed by atoms with Gasteiger partial charge in [-0.2, -0.15) is 0 Å². The van der Waals surface area contributed by atoms with Gasteiger partial charge in [0.1, 0.15) is 6.04 Å². The number of rotatable bonds is 4. The molecule has 5 heteroatoms. The highest BCUT2D eigenvalue weighted by molar-refractivity contribution is 6.04. The predicted molar refractivity (Wildman–Crippen MR) is 85.6 cm³/mol. The van der Waals surface area contributed by atoms with E-state index in [0.717, 1.165) is 16.5 Å². The van der Waals surface area contributed by atoms with Gasteiger partial charge in [-0.05, 0) is 30.4 Å². The molecule has 2 N–H and O–H groups in total. The summed E-state index contributed by atoms with van der Waals surface area (Å²) in [5.74, 6) is -0.00629. The van der Waals surface area contributed by atoms with Crippen molar-refractivity contribution >= 4 is 22.8 Å². The topological polar surface area (TPSA) is 65.2 Å². The molecular weight excluding hydrogens is 278 g/mol. The van der Waals surface area contributed by atoms with E-state index in [0.29, 0.717) is 13.0 Å². The summed E-state index contributed by atoms with van der Waals surface area (Å²) < 4.78 is 0. The summed E-state index contributed by atoms with van der Waals surface area (Å²) in [5.41, 5.74) is 3.45. The van der Waals surface area contributed by atoms with Crippen LogP contribution in [0.5, 0.6) is 0 Å². The number of benzene rings is 1. The lowest BCUT2D eigenvalue weighted by Crippen LogP contribution is -2.35. The smallest absolute Gasteiger partial charge is 0.324 e. The van der Waals surface area contributed by atoms with Gasteiger partial charge in [0.2, 0.25) is 0 Å². The number of aromatic amines is 1. The van der Waals surface area contributed by atoms with Crippen molar-refractivity contribution in [2.24, 2.45) is 5.92 Å². The molecule has 2 heterocycles. The van der Waals surface area contributed by atoms with E-state index >= 15 is 0 Å². The summed E-state index contributed by atoms with van der Waals surface area (Å²) in [7, 11) is 0. The number of H-pyrrole nitrogens is 1. The second kappa shape index (κ2) is 5.48. The van der Waals surface area contributed by atoms with Crippen molar-refractivity contribution < 1.29 is 9.59 Å². The van der Waals surface area contributed by atoms with Crippen molar-refractivity contribution in [1.29, 1.82) is 0 Å². The fourth-order valence-corrected chi connectivity index (χ4v) is 3.01. The van der Waals surface area contributed by atoms with Crippen LogP contribution >= 0.6 is 0 Å². The van der Waals surface area contributed by atoms with E-state index in [9.17, 15) is 9.59 Å². The van der Waals surface area contributed by atoms with Crippen molar-refractivity contribution in [3.05, 3.63) is 35.5 Å². The highest BCUT2D eigenvalue weighted by atomic mass is 16.2. The Kier molecular flexibility index (Phi) is 3.64. The standard InChI is InChI=1S/C17H21N3O2/c1-10(2)14-16(21)20(17(22)19-14)8-7-12-9-18-15-11(3)5-4-6-13(12)15/h4-6,9-10,14,18H,7-8H2,1-3H3,(H,19,22). The van der Waals surface area contributed by atoms with Crippen molar-refractivity contribution in [2.45, 2.75) is 33.2 Å². The number of nitrogens with zero attached hydrogens (tertiary/aromatic N) is 1. The van der Waals surface area contributed by atoms with Crippen LogP contribution in [0, 0.1) is 12.8 Å². The van der Waals surface area contributed by atoms with Gasteiger partial charge in [-0.3, -0.25) is 9.69 Å². The van der Waals surface area contributed by atoms with Gasteiger partial charge in [-0.15, -0.1) is 0 Å². The SMILES string of the molecule is Cc1cccc2c(CCN3C(=O)NC(C(C)C)C3=O)c[nH]c12. The molecule has 0 radical (unpaired) electrons. The van der Waals surface area contributed by atoms with Crippen LogP contribution < -0.4 is 5.32 Å². The second-order valence-corrected chi connectivity index (χ2v) is 6.22. The van der Waals surface area contributed by atoms with Crippen LogP contribution in [0.1, 0.15) is 25.0 Å². The molecule has 0 saturated carbocycles. The number of imide groups is 1. The van der Waals surface area contributed by atoms with Crippen LogP contribution in [0.15, 0.2) is 24.4 Å². The number of aryl methyl sites for hydroxylation is 1. The van der Waals surface area contributed by atoms with Crippen LogP contribution in [-0.4, -0.2) is 34.4 Å². The van der Waals surface area contributed by atoms with Gasteiger partial charge in [-0.25, -0.2) is 4.79 Å². The first-order chi connectivity index (χ1) is 10.5. The number of nitrogens with one attached hydrogen (secondary N) is 2. The Hall–Kier alpha value is -2.30. The molecule has 0 aliphatic carbocycles. The Morgan fingerprint density at radius 2 is 2.05 bits per heavy atom. The largest absolute Gasteiger partial charge is 0.361 e. The third-order valence-electron chi connectivity index (χ3n) is 4.34. The molecule has 1 aliphatic rings. The van der Waals surface area contributed by atoms with Crippen LogP contribution in [-0.2, 0) is 11.2 Å². The molecule has 1 atom stereocenters. The lowest BCUT2D eigenvalue weighted by atomic mass is 10.0. The van der Waals surface area contributed by atoms with Crippen LogP contribution in [0.3, 0.4) is 0 Å². The Morgan fingerprint density at radius 3 is 2.73 bits per heavy atom. The molecule has 1 fully saturated rings. The average Bonchev–Trinajstić information content (AvgIpc) is 3.00. The Bertz CT molecular complexity index is 733. The van der Waals surface area contributed by atoms with Crippen molar-refractivity contribution in [2.75, 3.05) is 6.54 Å². The van der Waals surface area contributed by atoms with Crippen LogP contribution in [0.25, 0.3) is 10.9 Å². The predicted octanol–water partition coefficient (Wildman–Crippen LogP) is 2.60. The van der Waals surface area contributed by atoms with E-state index in [-0.39, 0.29) is 17.9 Å². The third kappa shape index (κ3) is 2.36. The maximum absolute atomic E-state index is 12.3. The van der Waals surface area contributed by atoms with Gasteiger partial charge in [0.05, 0.1) is 0 Å². The van der Waals surface area contributed by atoms with E-state index < -0.39 is 6.04 Å². The fourth-order valence-electron chi connectivity index (χ4n) is 3.01. The van der Waals surface area contributed by atoms with E-state index in [2.05, 4.69) is 29.4 Å². The van der Waals surface area contributed by atoms with E-state index in [4.69, 9.17) is 0 Å². The zero-order valence-electron chi connectivity index (χ0n) is 13.1. The number of aromatic nitrogens is 1. The van der Waals surface area contributed by atoms with Crippen LogP contribution in [0.2, 0.25) is 0 Å². The lowest BCUT2D eigenvalue weighted by Gasteiger charge is -2.14. The van der Waals surface area contributed by atoms with Crippen molar-refractivity contribution in [3.8, 4) is 0 Å². The minimum atomic E-state index is -0.391. The zero-order valence-corrected chi connectivity index (χ0v) is 13.1. The molecule has 5 nitrogen and oxygen atoms in total. The summed E-state index contributed by atoms with van der Waals surface area (Å²) in [5, 5.41) is 3.92. The minimum Gasteiger partial charge on any atom is -0.361 e. The molecule has 22 heavy (non-hydrogen) atoms. The van der Waals surface area contributed by atoms with Gasteiger partial charge in [0, 0.05) is 23.6 Å². The molecule has 116 valence electrons. The molecule has 0 bridgehead atoms. The first kappa shape index (κ1) is 14.6. The van der Waals surface area contributed by atoms with Crippen molar-refractivity contribution in [3.63, 3.8) is 0 Å². The number of amides is 3. The molecule has 1 aromatic carbocycles. The number of fused-ring (bicyclic) bond motifs is 1. The Balaban J connectivity index is 1.76. The van der Waals surface area contributed by atoms with E-state index in [1.54, 1.807) is 0 Å². The average molecular weight is 299 g/mol. The van der Waals surface area contributed by atoms with Gasteiger partial charge in [0.15, 0.2) is 0 Å². The maximum Gasteiger partial charge on any atom is 0.324 e. The number of hydrogen-bond acceptors (Lipinski definition) is 2. The summed E-state index contributed by atoms with van der Waals surface area (Å²) in [6.45, 7) is 6.35. The van der Waals surface area contributed by atoms with Gasteiger partial charge in [0.25, 0.3) is 5.91 Å². The first-order valence-corrected chi connectivity index (χ1v) is 7.66. The fraction of sp³-hybridized carbons (Fsp3) is 0.412. The lowest BCUT2D eigenvalue weighted by molar-refractivity contribution is -0.128. The van der Waals surface area contributed by atoms with Gasteiger partial charge >= 0.3 is 6.03 Å². The number of carbonyl (C=O) groups is 2. The third-order valence-corrected chi connectivity index (χ3v) is 4.34. The molecule has 3 amide bonds. The number of carbonyl (C=O) groups excluding carboxylic acids is 2. The van der Waals surface area contributed by atoms with E-state index in [1.165, 1.54) is 10.5 Å². The number of para-hydroxylation sites is 1. The second-order valence-electron chi connectivity index (χ2n) is 6.22. The normalized spacial score (nSPS) is 18.5. The molecule has 2 aromatic rings. The summed E-state index contributed by atoms with van der Waals surface area (Å²) in [6.07, 6.45) is 2.63. The Morgan fingerprint density at radius 1 is 1.27 bits per heavy atom. The van der Waals surface area contributed by atoms with Crippen molar-refractivity contribution in [1.82, 2.24) is 15.2 Å². The molecule has 1 aromatic heterocycles. The highest BCUT2D eigenvalue weighted by Gasteiger charge is 2.39.